The predicted octanol–water partition coefficient (Wildman–Crippen LogP) is 5.42. The van der Waals surface area contributed by atoms with E-state index in [2.05, 4.69) is 64.6 Å². The molecule has 1 rings (SSSR count). The largest absolute Gasteiger partial charge is 0.179 e. The van der Waals surface area contributed by atoms with E-state index in [0.717, 1.165) is 11.7 Å². The van der Waals surface area contributed by atoms with E-state index < -0.39 is 0 Å². The van der Waals surface area contributed by atoms with Crippen LogP contribution in [0.25, 0.3) is 0 Å². The zero-order valence-electron chi connectivity index (χ0n) is 12.1. The molecule has 0 aliphatic heterocycles. The molecule has 18 heavy (non-hydrogen) atoms. The van der Waals surface area contributed by atoms with Crippen LogP contribution in [-0.2, 0) is 5.41 Å². The van der Waals surface area contributed by atoms with Gasteiger partial charge in [-0.3, -0.25) is 0 Å². The number of rotatable bonds is 6. The lowest BCUT2D eigenvalue weighted by Crippen LogP contribution is -2.10. The van der Waals surface area contributed by atoms with Crippen LogP contribution in [0.4, 0.5) is 0 Å². The van der Waals surface area contributed by atoms with Gasteiger partial charge in [-0.25, -0.2) is 0 Å². The molecule has 0 nitrogen and oxygen atoms in total. The van der Waals surface area contributed by atoms with Crippen LogP contribution in [-0.4, -0.2) is 11.5 Å². The number of thiol groups is 1. The highest BCUT2D eigenvalue weighted by Crippen LogP contribution is 2.27. The van der Waals surface area contributed by atoms with E-state index in [-0.39, 0.29) is 5.41 Å². The highest BCUT2D eigenvalue weighted by molar-refractivity contribution is 7.99. The molecular formula is C16H26S2. The van der Waals surface area contributed by atoms with Gasteiger partial charge in [0.25, 0.3) is 0 Å². The van der Waals surface area contributed by atoms with E-state index in [9.17, 15) is 0 Å². The number of thioether (sulfide) groups is 1. The average molecular weight is 283 g/mol. The van der Waals surface area contributed by atoms with Crippen LogP contribution < -0.4 is 0 Å². The van der Waals surface area contributed by atoms with Crippen molar-refractivity contribution in [1.29, 1.82) is 0 Å². The van der Waals surface area contributed by atoms with Crippen LogP contribution >= 0.6 is 24.4 Å². The van der Waals surface area contributed by atoms with Crippen molar-refractivity contribution in [3.63, 3.8) is 0 Å². The Balaban J connectivity index is 2.53. The molecule has 0 saturated carbocycles. The number of benzene rings is 1. The van der Waals surface area contributed by atoms with Crippen LogP contribution in [0.15, 0.2) is 29.2 Å². The fraction of sp³-hybridized carbons (Fsp3) is 0.625. The van der Waals surface area contributed by atoms with E-state index in [1.54, 1.807) is 0 Å². The topological polar surface area (TPSA) is 0 Å². The first-order valence-electron chi connectivity index (χ1n) is 6.81. The molecule has 0 radical (unpaired) electrons. The summed E-state index contributed by atoms with van der Waals surface area (Å²) in [6.45, 7) is 9.02. The maximum absolute atomic E-state index is 4.44. The second-order valence-corrected chi connectivity index (χ2v) is 7.38. The van der Waals surface area contributed by atoms with Crippen molar-refractivity contribution >= 4 is 24.4 Å². The van der Waals surface area contributed by atoms with Crippen LogP contribution in [0, 0.1) is 5.92 Å². The number of hydrogen-bond donors (Lipinski definition) is 1. The molecule has 0 aliphatic carbocycles. The summed E-state index contributed by atoms with van der Waals surface area (Å²) >= 11 is 6.40. The van der Waals surface area contributed by atoms with E-state index in [4.69, 9.17) is 0 Å². The smallest absolute Gasteiger partial charge is 0.00722 e. The Bertz CT molecular complexity index is 335. The van der Waals surface area contributed by atoms with Crippen molar-refractivity contribution in [2.75, 3.05) is 11.5 Å². The molecule has 0 bridgehead atoms. The molecular weight excluding hydrogens is 256 g/mol. The first kappa shape index (κ1) is 16.0. The second-order valence-electron chi connectivity index (χ2n) is 5.92. The Kier molecular flexibility index (Phi) is 6.65. The molecule has 0 fully saturated rings. The molecule has 0 aromatic heterocycles. The quantitative estimate of drug-likeness (QED) is 0.537. The summed E-state index contributed by atoms with van der Waals surface area (Å²) in [5.74, 6) is 2.93. The van der Waals surface area contributed by atoms with Crippen LogP contribution in [0.1, 0.15) is 46.1 Å². The van der Waals surface area contributed by atoms with Crippen molar-refractivity contribution in [2.24, 2.45) is 5.92 Å². The van der Waals surface area contributed by atoms with Gasteiger partial charge in [-0.1, -0.05) is 46.2 Å². The zero-order valence-corrected chi connectivity index (χ0v) is 13.8. The normalized spacial score (nSPS) is 13.6. The SMILES string of the molecule is CCCC(CS)CSc1ccc(C(C)(C)C)cc1. The van der Waals surface area contributed by atoms with E-state index >= 15 is 0 Å². The standard InChI is InChI=1S/C16H26S2/c1-5-6-13(11-17)12-18-15-9-7-14(8-10-15)16(2,3)4/h7-10,13,17H,5-6,11-12H2,1-4H3. The molecule has 1 atom stereocenters. The molecule has 2 heteroatoms. The van der Waals surface area contributed by atoms with Crippen LogP contribution in [0.5, 0.6) is 0 Å². The Hall–Kier alpha value is -0.0800. The minimum absolute atomic E-state index is 0.249. The lowest BCUT2D eigenvalue weighted by atomic mass is 9.87. The third-order valence-corrected chi connectivity index (χ3v) is 4.92. The van der Waals surface area contributed by atoms with Crippen molar-refractivity contribution in [1.82, 2.24) is 0 Å². The maximum Gasteiger partial charge on any atom is 0.00722 e. The molecule has 0 heterocycles. The summed E-state index contributed by atoms with van der Waals surface area (Å²) in [6.07, 6.45) is 2.55. The first-order valence-corrected chi connectivity index (χ1v) is 8.43. The van der Waals surface area contributed by atoms with E-state index in [1.807, 2.05) is 11.8 Å². The van der Waals surface area contributed by atoms with Crippen molar-refractivity contribution < 1.29 is 0 Å². The van der Waals surface area contributed by atoms with Gasteiger partial charge in [0, 0.05) is 10.6 Å². The number of hydrogen-bond acceptors (Lipinski definition) is 2. The fourth-order valence-corrected chi connectivity index (χ4v) is 3.43. The average Bonchev–Trinajstić information content (AvgIpc) is 2.34. The Morgan fingerprint density at radius 2 is 1.78 bits per heavy atom. The summed E-state index contributed by atoms with van der Waals surface area (Å²) in [7, 11) is 0. The van der Waals surface area contributed by atoms with Gasteiger partial charge >= 0.3 is 0 Å². The van der Waals surface area contributed by atoms with Gasteiger partial charge in [-0.15, -0.1) is 11.8 Å². The zero-order chi connectivity index (χ0) is 13.6. The van der Waals surface area contributed by atoms with Gasteiger partial charge in [0.05, 0.1) is 0 Å². The minimum Gasteiger partial charge on any atom is -0.179 e. The monoisotopic (exact) mass is 282 g/mol. The molecule has 0 saturated heterocycles. The first-order chi connectivity index (χ1) is 8.47. The molecule has 102 valence electrons. The van der Waals surface area contributed by atoms with Gasteiger partial charge in [0.15, 0.2) is 0 Å². The Morgan fingerprint density at radius 3 is 2.22 bits per heavy atom. The summed E-state index contributed by atoms with van der Waals surface area (Å²) in [5.41, 5.74) is 1.66. The second kappa shape index (κ2) is 7.49. The lowest BCUT2D eigenvalue weighted by molar-refractivity contribution is 0.589. The fourth-order valence-electron chi connectivity index (χ4n) is 1.90. The highest BCUT2D eigenvalue weighted by Gasteiger charge is 2.13. The highest BCUT2D eigenvalue weighted by atomic mass is 32.2. The predicted molar refractivity (Wildman–Crippen MR) is 88.1 cm³/mol. The Labute approximate surface area is 122 Å². The van der Waals surface area contributed by atoms with E-state index in [0.29, 0.717) is 0 Å². The van der Waals surface area contributed by atoms with Gasteiger partial charge < -0.3 is 0 Å². The summed E-state index contributed by atoms with van der Waals surface area (Å²) < 4.78 is 0. The van der Waals surface area contributed by atoms with Crippen molar-refractivity contribution in [2.45, 2.75) is 50.8 Å². The third-order valence-electron chi connectivity index (χ3n) is 3.16. The van der Waals surface area contributed by atoms with E-state index in [1.165, 1.54) is 29.1 Å². The van der Waals surface area contributed by atoms with Crippen LogP contribution in [0.2, 0.25) is 0 Å². The van der Waals surface area contributed by atoms with Gasteiger partial charge in [0.2, 0.25) is 0 Å². The molecule has 1 aromatic carbocycles. The molecule has 0 aliphatic rings. The van der Waals surface area contributed by atoms with Gasteiger partial charge in [-0.2, -0.15) is 12.6 Å². The molecule has 0 amide bonds. The molecule has 0 N–H and O–H groups in total. The molecule has 0 spiro atoms. The Morgan fingerprint density at radius 1 is 1.17 bits per heavy atom. The molecule has 1 unspecified atom stereocenters. The lowest BCUT2D eigenvalue weighted by Gasteiger charge is -2.19. The van der Waals surface area contributed by atoms with Crippen LogP contribution in [0.3, 0.4) is 0 Å². The minimum atomic E-state index is 0.249. The third kappa shape index (κ3) is 5.27. The van der Waals surface area contributed by atoms with Gasteiger partial charge in [-0.05, 0) is 41.2 Å². The van der Waals surface area contributed by atoms with Crippen molar-refractivity contribution in [3.8, 4) is 0 Å². The summed E-state index contributed by atoms with van der Waals surface area (Å²) in [4.78, 5) is 1.38. The summed E-state index contributed by atoms with van der Waals surface area (Å²) in [6, 6.07) is 9.04. The maximum atomic E-state index is 4.44. The van der Waals surface area contributed by atoms with Gasteiger partial charge in [0.1, 0.15) is 0 Å². The van der Waals surface area contributed by atoms with Crippen molar-refractivity contribution in [3.05, 3.63) is 29.8 Å². The molecule has 1 aromatic rings. The summed E-state index contributed by atoms with van der Waals surface area (Å²) in [5, 5.41) is 0.